The minimum absolute atomic E-state index is 0.0387. The zero-order chi connectivity index (χ0) is 21.1. The van der Waals surface area contributed by atoms with E-state index in [4.69, 9.17) is 11.6 Å². The molecule has 2 aromatic heterocycles. The maximum atomic E-state index is 12.7. The molecule has 2 atom stereocenters. The van der Waals surface area contributed by atoms with Crippen molar-refractivity contribution in [2.24, 2.45) is 13.0 Å². The van der Waals surface area contributed by atoms with Crippen molar-refractivity contribution in [3.8, 4) is 0 Å². The molecule has 30 heavy (non-hydrogen) atoms. The number of fused-ring (bicyclic) bond motifs is 1. The Labute approximate surface area is 184 Å². The first-order chi connectivity index (χ1) is 14.5. The van der Waals surface area contributed by atoms with Crippen molar-refractivity contribution >= 4 is 45.9 Å². The Kier molecular flexibility index (Phi) is 6.34. The molecule has 2 heterocycles. The van der Waals surface area contributed by atoms with Gasteiger partial charge in [-0.3, -0.25) is 14.3 Å². The first-order valence-electron chi connectivity index (χ1n) is 10.1. The molecule has 0 spiro atoms. The van der Waals surface area contributed by atoms with Crippen LogP contribution in [0, 0.1) is 5.92 Å². The molecule has 1 aliphatic carbocycles. The van der Waals surface area contributed by atoms with Crippen LogP contribution in [0.3, 0.4) is 0 Å². The van der Waals surface area contributed by atoms with E-state index in [2.05, 4.69) is 20.1 Å². The summed E-state index contributed by atoms with van der Waals surface area (Å²) in [5.74, 6) is 0.0241. The second-order valence-electron chi connectivity index (χ2n) is 7.70. The van der Waals surface area contributed by atoms with E-state index in [1.807, 2.05) is 24.3 Å². The van der Waals surface area contributed by atoms with Crippen LogP contribution in [0.2, 0.25) is 5.02 Å². The zero-order valence-electron chi connectivity index (χ0n) is 16.7. The molecule has 7 nitrogen and oxygen atoms in total. The summed E-state index contributed by atoms with van der Waals surface area (Å²) in [4.78, 5) is 26.0. The molecule has 0 bridgehead atoms. The third-order valence-corrected chi connectivity index (χ3v) is 6.90. The Balaban J connectivity index is 1.36. The van der Waals surface area contributed by atoms with Crippen molar-refractivity contribution < 1.29 is 9.59 Å². The molecule has 0 aliphatic heterocycles. The summed E-state index contributed by atoms with van der Waals surface area (Å²) in [5, 5.41) is 11.7. The van der Waals surface area contributed by atoms with E-state index in [-0.39, 0.29) is 30.2 Å². The molecule has 2 amide bonds. The van der Waals surface area contributed by atoms with Gasteiger partial charge in [-0.1, -0.05) is 42.6 Å². The third-order valence-electron chi connectivity index (χ3n) is 5.71. The largest absolute Gasteiger partial charge is 0.353 e. The summed E-state index contributed by atoms with van der Waals surface area (Å²) in [5.41, 5.74) is 1.54. The SMILES string of the molecule is Cn1ncc(Cl)c1CC(=O)NC1CCCCC1CNC(=O)c1snc2ccccc12. The molecule has 0 radical (unpaired) electrons. The number of carbonyl (C=O) groups is 2. The van der Waals surface area contributed by atoms with Gasteiger partial charge in [0, 0.05) is 25.0 Å². The van der Waals surface area contributed by atoms with E-state index in [1.54, 1.807) is 17.9 Å². The number of aromatic nitrogens is 3. The van der Waals surface area contributed by atoms with Crippen LogP contribution in [0.4, 0.5) is 0 Å². The van der Waals surface area contributed by atoms with Gasteiger partial charge in [0.15, 0.2) is 0 Å². The van der Waals surface area contributed by atoms with Gasteiger partial charge in [0.05, 0.1) is 28.9 Å². The maximum absolute atomic E-state index is 12.7. The summed E-state index contributed by atoms with van der Waals surface area (Å²) >= 11 is 7.34. The standard InChI is InChI=1S/C21H24ClN5O2S/c1-27-18(15(22)12-24-27)10-19(28)25-16-8-4-2-6-13(16)11-23-21(29)20-14-7-3-5-9-17(14)26-30-20/h3,5,7,9,12-13,16H,2,4,6,8,10-11H2,1H3,(H,23,29)(H,25,28). The molecule has 158 valence electrons. The molecular weight excluding hydrogens is 422 g/mol. The molecule has 2 unspecified atom stereocenters. The summed E-state index contributed by atoms with van der Waals surface area (Å²) in [6, 6.07) is 7.69. The van der Waals surface area contributed by atoms with E-state index in [1.165, 1.54) is 11.5 Å². The Hall–Kier alpha value is -2.45. The number of amides is 2. The van der Waals surface area contributed by atoms with Crippen molar-refractivity contribution in [1.82, 2.24) is 24.8 Å². The molecule has 1 aliphatic rings. The minimum atomic E-state index is -0.106. The fourth-order valence-corrected chi connectivity index (χ4v) is 5.05. The van der Waals surface area contributed by atoms with E-state index < -0.39 is 0 Å². The normalized spacial score (nSPS) is 19.0. The molecule has 2 N–H and O–H groups in total. The number of carbonyl (C=O) groups excluding carboxylic acids is 2. The van der Waals surface area contributed by atoms with Crippen LogP contribution in [-0.4, -0.2) is 38.6 Å². The van der Waals surface area contributed by atoms with Crippen molar-refractivity contribution in [1.29, 1.82) is 0 Å². The lowest BCUT2D eigenvalue weighted by Crippen LogP contribution is -2.47. The van der Waals surface area contributed by atoms with Gasteiger partial charge in [-0.2, -0.15) is 9.47 Å². The lowest BCUT2D eigenvalue weighted by molar-refractivity contribution is -0.121. The second-order valence-corrected chi connectivity index (χ2v) is 8.88. The lowest BCUT2D eigenvalue weighted by atomic mass is 9.84. The summed E-state index contributed by atoms with van der Waals surface area (Å²) < 4.78 is 5.97. The molecular formula is C21H24ClN5O2S. The Morgan fingerprint density at radius 3 is 2.87 bits per heavy atom. The Bertz CT molecular complexity index is 1040. The van der Waals surface area contributed by atoms with Crippen LogP contribution in [-0.2, 0) is 18.3 Å². The van der Waals surface area contributed by atoms with Gasteiger partial charge in [0.1, 0.15) is 4.88 Å². The highest BCUT2D eigenvalue weighted by atomic mass is 35.5. The van der Waals surface area contributed by atoms with Gasteiger partial charge in [-0.25, -0.2) is 0 Å². The Morgan fingerprint density at radius 2 is 2.07 bits per heavy atom. The van der Waals surface area contributed by atoms with Crippen LogP contribution >= 0.6 is 23.1 Å². The maximum Gasteiger partial charge on any atom is 0.263 e. The summed E-state index contributed by atoms with van der Waals surface area (Å²) in [6.07, 6.45) is 5.80. The summed E-state index contributed by atoms with van der Waals surface area (Å²) in [7, 11) is 1.77. The van der Waals surface area contributed by atoms with E-state index in [9.17, 15) is 9.59 Å². The van der Waals surface area contributed by atoms with Crippen molar-refractivity contribution in [2.75, 3.05) is 6.54 Å². The highest BCUT2D eigenvalue weighted by Crippen LogP contribution is 2.26. The number of hydrogen-bond donors (Lipinski definition) is 2. The number of hydrogen-bond acceptors (Lipinski definition) is 5. The topological polar surface area (TPSA) is 88.9 Å². The number of rotatable bonds is 6. The smallest absolute Gasteiger partial charge is 0.263 e. The van der Waals surface area contributed by atoms with Crippen LogP contribution in [0.1, 0.15) is 41.0 Å². The fraction of sp³-hybridized carbons (Fsp3) is 0.429. The van der Waals surface area contributed by atoms with Gasteiger partial charge in [-0.15, -0.1) is 0 Å². The molecule has 3 aromatic rings. The predicted molar refractivity (Wildman–Crippen MR) is 118 cm³/mol. The number of benzene rings is 1. The predicted octanol–water partition coefficient (Wildman–Crippen LogP) is 3.33. The number of halogens is 1. The number of aryl methyl sites for hydroxylation is 1. The first-order valence-corrected chi connectivity index (χ1v) is 11.3. The first kappa shape index (κ1) is 20.8. The van der Waals surface area contributed by atoms with Crippen molar-refractivity contribution in [3.63, 3.8) is 0 Å². The number of nitrogens with zero attached hydrogens (tertiary/aromatic N) is 3. The van der Waals surface area contributed by atoms with E-state index >= 15 is 0 Å². The van der Waals surface area contributed by atoms with Gasteiger partial charge in [-0.05, 0) is 36.4 Å². The average molecular weight is 446 g/mol. The molecule has 0 saturated heterocycles. The van der Waals surface area contributed by atoms with Crippen LogP contribution in [0.25, 0.3) is 10.9 Å². The highest BCUT2D eigenvalue weighted by molar-refractivity contribution is 7.09. The molecule has 9 heteroatoms. The van der Waals surface area contributed by atoms with Gasteiger partial charge in [0.25, 0.3) is 5.91 Å². The fourth-order valence-electron chi connectivity index (χ4n) is 4.04. The van der Waals surface area contributed by atoms with E-state index in [0.29, 0.717) is 22.1 Å². The molecule has 1 fully saturated rings. The van der Waals surface area contributed by atoms with Crippen molar-refractivity contribution in [3.05, 3.63) is 46.1 Å². The Morgan fingerprint density at radius 1 is 1.27 bits per heavy atom. The minimum Gasteiger partial charge on any atom is -0.353 e. The van der Waals surface area contributed by atoms with Gasteiger partial charge >= 0.3 is 0 Å². The monoisotopic (exact) mass is 445 g/mol. The van der Waals surface area contributed by atoms with Crippen molar-refractivity contribution in [2.45, 2.75) is 38.1 Å². The van der Waals surface area contributed by atoms with Crippen LogP contribution in [0.15, 0.2) is 30.5 Å². The van der Waals surface area contributed by atoms with Crippen LogP contribution < -0.4 is 10.6 Å². The quantitative estimate of drug-likeness (QED) is 0.609. The zero-order valence-corrected chi connectivity index (χ0v) is 18.3. The highest BCUT2D eigenvalue weighted by Gasteiger charge is 2.28. The molecule has 1 aromatic carbocycles. The average Bonchev–Trinajstić information content (AvgIpc) is 3.31. The van der Waals surface area contributed by atoms with E-state index in [0.717, 1.165) is 36.6 Å². The second kappa shape index (κ2) is 9.14. The lowest BCUT2D eigenvalue weighted by Gasteiger charge is -2.32. The summed E-state index contributed by atoms with van der Waals surface area (Å²) in [6.45, 7) is 0.530. The van der Waals surface area contributed by atoms with Crippen LogP contribution in [0.5, 0.6) is 0 Å². The number of nitrogens with one attached hydrogen (secondary N) is 2. The van der Waals surface area contributed by atoms with Gasteiger partial charge < -0.3 is 10.6 Å². The molecule has 4 rings (SSSR count). The molecule has 1 saturated carbocycles. The van der Waals surface area contributed by atoms with Gasteiger partial charge in [0.2, 0.25) is 5.91 Å². The third kappa shape index (κ3) is 4.49.